The minimum atomic E-state index is -1.60. The number of ether oxygens (including phenoxy) is 1. The molecular weight excluding hydrogens is 159 g/mol. The molecule has 0 saturated heterocycles. The van der Waals surface area contributed by atoms with E-state index < -0.39 is 6.17 Å². The van der Waals surface area contributed by atoms with Crippen molar-refractivity contribution in [2.45, 2.75) is 6.17 Å². The van der Waals surface area contributed by atoms with Crippen molar-refractivity contribution >= 4 is 6.29 Å². The highest BCUT2D eigenvalue weighted by atomic mass is 19.1. The van der Waals surface area contributed by atoms with Gasteiger partial charge in [0.2, 0.25) is 0 Å². The molecule has 0 amide bonds. The summed E-state index contributed by atoms with van der Waals surface area (Å²) in [7, 11) is 1.44. The molecule has 0 fully saturated rings. The van der Waals surface area contributed by atoms with E-state index >= 15 is 0 Å². The number of halogens is 1. The third-order valence-corrected chi connectivity index (χ3v) is 1.56. The minimum absolute atomic E-state index is 0.248. The van der Waals surface area contributed by atoms with Crippen molar-refractivity contribution in [1.29, 1.82) is 0 Å². The Kier molecular flexibility index (Phi) is 2.80. The van der Waals surface area contributed by atoms with Crippen molar-refractivity contribution in [3.8, 4) is 5.75 Å². The number of para-hydroxylation sites is 1. The average molecular weight is 168 g/mol. The summed E-state index contributed by atoms with van der Waals surface area (Å²) in [5.74, 6) is 0.400. The lowest BCUT2D eigenvalue weighted by Gasteiger charge is -2.06. The fourth-order valence-corrected chi connectivity index (χ4v) is 0.968. The van der Waals surface area contributed by atoms with Crippen LogP contribution in [0.3, 0.4) is 0 Å². The standard InChI is InChI=1S/C9H9FO2/c1-12-9-5-3-2-4-7(9)8(10)6-11/h2-6,8H,1H3. The van der Waals surface area contributed by atoms with Gasteiger partial charge in [-0.1, -0.05) is 18.2 Å². The van der Waals surface area contributed by atoms with Crippen molar-refractivity contribution in [3.05, 3.63) is 29.8 Å². The first-order valence-corrected chi connectivity index (χ1v) is 3.52. The normalized spacial score (nSPS) is 12.2. The molecule has 64 valence electrons. The van der Waals surface area contributed by atoms with Gasteiger partial charge in [0.05, 0.1) is 7.11 Å². The Morgan fingerprint density at radius 1 is 1.50 bits per heavy atom. The second kappa shape index (κ2) is 3.85. The highest BCUT2D eigenvalue weighted by Crippen LogP contribution is 2.25. The summed E-state index contributed by atoms with van der Waals surface area (Å²) in [6.07, 6.45) is -1.35. The number of hydrogen-bond donors (Lipinski definition) is 0. The Morgan fingerprint density at radius 2 is 2.17 bits per heavy atom. The van der Waals surface area contributed by atoms with Crippen LogP contribution in [0.5, 0.6) is 5.75 Å². The van der Waals surface area contributed by atoms with Crippen molar-refractivity contribution in [2.75, 3.05) is 7.11 Å². The molecule has 0 saturated carbocycles. The molecule has 1 rings (SSSR count). The van der Waals surface area contributed by atoms with E-state index in [2.05, 4.69) is 0 Å². The van der Waals surface area contributed by atoms with Gasteiger partial charge in [0.1, 0.15) is 5.75 Å². The molecule has 1 atom stereocenters. The number of carbonyl (C=O) groups excluding carboxylic acids is 1. The van der Waals surface area contributed by atoms with Crippen LogP contribution in [0.25, 0.3) is 0 Å². The Bertz CT molecular complexity index is 273. The molecule has 1 aromatic carbocycles. The molecule has 0 aliphatic carbocycles. The van der Waals surface area contributed by atoms with Crippen LogP contribution in [0.1, 0.15) is 11.7 Å². The minimum Gasteiger partial charge on any atom is -0.496 e. The van der Waals surface area contributed by atoms with E-state index in [1.165, 1.54) is 13.2 Å². The Balaban J connectivity index is 3.04. The van der Waals surface area contributed by atoms with E-state index in [4.69, 9.17) is 4.74 Å². The molecule has 0 aliphatic rings. The second-order valence-electron chi connectivity index (χ2n) is 2.28. The van der Waals surface area contributed by atoms with Gasteiger partial charge in [-0.05, 0) is 6.07 Å². The second-order valence-corrected chi connectivity index (χ2v) is 2.28. The lowest BCUT2D eigenvalue weighted by atomic mass is 10.1. The number of hydrogen-bond acceptors (Lipinski definition) is 2. The molecule has 0 radical (unpaired) electrons. The number of rotatable bonds is 3. The summed E-state index contributed by atoms with van der Waals surface area (Å²) in [5.41, 5.74) is 0.273. The molecule has 12 heavy (non-hydrogen) atoms. The maximum absolute atomic E-state index is 12.9. The molecule has 0 heterocycles. The maximum Gasteiger partial charge on any atom is 0.184 e. The zero-order chi connectivity index (χ0) is 8.97. The highest BCUT2D eigenvalue weighted by molar-refractivity contribution is 5.62. The monoisotopic (exact) mass is 168 g/mol. The highest BCUT2D eigenvalue weighted by Gasteiger charge is 2.12. The molecule has 0 bridgehead atoms. The van der Waals surface area contributed by atoms with E-state index in [9.17, 15) is 9.18 Å². The fourth-order valence-electron chi connectivity index (χ4n) is 0.968. The topological polar surface area (TPSA) is 26.3 Å². The molecule has 2 nitrogen and oxygen atoms in total. The first kappa shape index (κ1) is 8.71. The molecule has 0 aliphatic heterocycles. The molecule has 0 spiro atoms. The predicted molar refractivity (Wildman–Crippen MR) is 42.9 cm³/mol. The smallest absolute Gasteiger partial charge is 0.184 e. The number of carbonyl (C=O) groups is 1. The summed E-state index contributed by atoms with van der Waals surface area (Å²) < 4.78 is 17.7. The summed E-state index contributed by atoms with van der Waals surface area (Å²) in [6.45, 7) is 0. The molecule has 3 heteroatoms. The van der Waals surface area contributed by atoms with Crippen LogP contribution < -0.4 is 4.74 Å². The van der Waals surface area contributed by atoms with Crippen molar-refractivity contribution < 1.29 is 13.9 Å². The Hall–Kier alpha value is -1.38. The van der Waals surface area contributed by atoms with E-state index in [1.807, 2.05) is 0 Å². The number of alkyl halides is 1. The van der Waals surface area contributed by atoms with Gasteiger partial charge in [0.25, 0.3) is 0 Å². The zero-order valence-electron chi connectivity index (χ0n) is 6.66. The molecule has 0 aromatic heterocycles. The van der Waals surface area contributed by atoms with Gasteiger partial charge in [0.15, 0.2) is 12.5 Å². The Morgan fingerprint density at radius 3 is 2.75 bits per heavy atom. The third kappa shape index (κ3) is 1.61. The average Bonchev–Trinajstić information content (AvgIpc) is 2.16. The lowest BCUT2D eigenvalue weighted by Crippen LogP contribution is -1.96. The van der Waals surface area contributed by atoms with Crippen LogP contribution in [0, 0.1) is 0 Å². The largest absolute Gasteiger partial charge is 0.496 e. The Labute approximate surface area is 70.0 Å². The zero-order valence-corrected chi connectivity index (χ0v) is 6.66. The molecule has 1 aromatic rings. The van der Waals surface area contributed by atoms with E-state index in [0.717, 1.165) is 0 Å². The van der Waals surface area contributed by atoms with Crippen molar-refractivity contribution in [3.63, 3.8) is 0 Å². The van der Waals surface area contributed by atoms with Crippen molar-refractivity contribution in [1.82, 2.24) is 0 Å². The van der Waals surface area contributed by atoms with Gasteiger partial charge < -0.3 is 4.74 Å². The number of benzene rings is 1. The summed E-state index contributed by atoms with van der Waals surface area (Å²) in [6, 6.07) is 6.52. The van der Waals surface area contributed by atoms with Gasteiger partial charge in [-0.25, -0.2) is 4.39 Å². The van der Waals surface area contributed by atoms with Gasteiger partial charge in [0, 0.05) is 5.56 Å². The van der Waals surface area contributed by atoms with Crippen LogP contribution in [0.4, 0.5) is 4.39 Å². The van der Waals surface area contributed by atoms with Gasteiger partial charge in [-0.2, -0.15) is 0 Å². The van der Waals surface area contributed by atoms with Gasteiger partial charge >= 0.3 is 0 Å². The first-order valence-electron chi connectivity index (χ1n) is 3.52. The van der Waals surface area contributed by atoms with E-state index in [-0.39, 0.29) is 11.8 Å². The van der Waals surface area contributed by atoms with Crippen LogP contribution in [0.15, 0.2) is 24.3 Å². The van der Waals surface area contributed by atoms with Crippen LogP contribution in [-0.4, -0.2) is 13.4 Å². The summed E-state index contributed by atoms with van der Waals surface area (Å²) in [5, 5.41) is 0. The fraction of sp³-hybridized carbons (Fsp3) is 0.222. The van der Waals surface area contributed by atoms with E-state index in [1.54, 1.807) is 18.2 Å². The summed E-state index contributed by atoms with van der Waals surface area (Å²) in [4.78, 5) is 10.1. The molecular formula is C9H9FO2. The van der Waals surface area contributed by atoms with Gasteiger partial charge in [-0.3, -0.25) is 4.79 Å². The van der Waals surface area contributed by atoms with Crippen molar-refractivity contribution in [2.24, 2.45) is 0 Å². The molecule has 1 unspecified atom stereocenters. The molecule has 0 N–H and O–H groups in total. The van der Waals surface area contributed by atoms with Crippen LogP contribution >= 0.6 is 0 Å². The van der Waals surface area contributed by atoms with E-state index in [0.29, 0.717) is 5.75 Å². The van der Waals surface area contributed by atoms with Crippen LogP contribution in [0.2, 0.25) is 0 Å². The SMILES string of the molecule is COc1ccccc1C(F)C=O. The predicted octanol–water partition coefficient (Wildman–Crippen LogP) is 1.90. The maximum atomic E-state index is 12.9. The third-order valence-electron chi connectivity index (χ3n) is 1.56. The number of aldehydes is 1. The van der Waals surface area contributed by atoms with Gasteiger partial charge in [-0.15, -0.1) is 0 Å². The lowest BCUT2D eigenvalue weighted by molar-refractivity contribution is -0.112. The number of methoxy groups -OCH3 is 1. The quantitative estimate of drug-likeness (QED) is 0.644. The summed E-state index contributed by atoms with van der Waals surface area (Å²) >= 11 is 0. The van der Waals surface area contributed by atoms with Crippen LogP contribution in [-0.2, 0) is 4.79 Å². The first-order chi connectivity index (χ1) is 5.79.